The molecule has 38 heavy (non-hydrogen) atoms. The Labute approximate surface area is 234 Å². The van der Waals surface area contributed by atoms with Crippen molar-refractivity contribution >= 4 is 5.91 Å². The van der Waals surface area contributed by atoms with Crippen LogP contribution in [0.3, 0.4) is 0 Å². The average molecular weight is 526 g/mol. The number of ether oxygens (including phenoxy) is 1. The second-order valence-electron chi connectivity index (χ2n) is 16.1. The summed E-state index contributed by atoms with van der Waals surface area (Å²) in [6.45, 7) is 22.9. The molecule has 2 N–H and O–H groups in total. The van der Waals surface area contributed by atoms with Gasteiger partial charge in [-0.1, -0.05) is 66.5 Å². The van der Waals surface area contributed by atoms with Crippen LogP contribution in [-0.4, -0.2) is 18.6 Å². The number of fused-ring (bicyclic) bond motifs is 7. The van der Waals surface area contributed by atoms with Gasteiger partial charge in [0.25, 0.3) is 0 Å². The first-order valence-electron chi connectivity index (χ1n) is 16.4. The van der Waals surface area contributed by atoms with Gasteiger partial charge in [0.2, 0.25) is 5.91 Å². The molecule has 1 amide bonds. The van der Waals surface area contributed by atoms with Crippen molar-refractivity contribution in [3.63, 3.8) is 0 Å². The highest BCUT2D eigenvalue weighted by Crippen LogP contribution is 2.77. The normalized spacial score (nSPS) is 49.3. The van der Waals surface area contributed by atoms with Crippen molar-refractivity contribution < 1.29 is 9.53 Å². The lowest BCUT2D eigenvalue weighted by Crippen LogP contribution is -2.67. The monoisotopic (exact) mass is 525 g/mol. The van der Waals surface area contributed by atoms with Crippen molar-refractivity contribution in [2.24, 2.45) is 62.4 Å². The Kier molecular flexibility index (Phi) is 7.27. The lowest BCUT2D eigenvalue weighted by molar-refractivity contribution is -0.250. The Bertz CT molecular complexity index is 940. The molecular formula is C35H59NO2. The largest absolute Gasteiger partial charge is 0.378 e. The lowest BCUT2D eigenvalue weighted by Gasteiger charge is -2.73. The second-order valence-corrected chi connectivity index (χ2v) is 16.1. The summed E-state index contributed by atoms with van der Waals surface area (Å²) in [7, 11) is 0. The van der Waals surface area contributed by atoms with E-state index in [0.29, 0.717) is 34.7 Å². The zero-order valence-electron chi connectivity index (χ0n) is 26.0. The van der Waals surface area contributed by atoms with Gasteiger partial charge in [-0.3, -0.25) is 4.79 Å². The highest BCUT2D eigenvalue weighted by molar-refractivity contribution is 5.82. The van der Waals surface area contributed by atoms with Crippen LogP contribution in [0, 0.1) is 56.7 Å². The molecule has 216 valence electrons. The Hall–Kier alpha value is -0.830. The molecular weight excluding hydrogens is 466 g/mol. The van der Waals surface area contributed by atoms with Crippen molar-refractivity contribution in [2.45, 2.75) is 138 Å². The molecule has 0 spiro atoms. The van der Waals surface area contributed by atoms with Gasteiger partial charge in [0.1, 0.15) is 0 Å². The number of carbonyl (C=O) groups excluding carboxylic acids is 1. The van der Waals surface area contributed by atoms with E-state index in [0.717, 1.165) is 37.7 Å². The van der Waals surface area contributed by atoms with Gasteiger partial charge in [-0.2, -0.15) is 0 Å². The summed E-state index contributed by atoms with van der Waals surface area (Å²) in [5.41, 5.74) is 8.42. The van der Waals surface area contributed by atoms with Gasteiger partial charge < -0.3 is 10.5 Å². The minimum atomic E-state index is -0.298. The fourth-order valence-corrected chi connectivity index (χ4v) is 12.4. The third-order valence-electron chi connectivity index (χ3n) is 14.6. The van der Waals surface area contributed by atoms with Crippen LogP contribution >= 0.6 is 0 Å². The summed E-state index contributed by atoms with van der Waals surface area (Å²) < 4.78 is 6.62. The maximum Gasteiger partial charge on any atom is 0.223 e. The van der Waals surface area contributed by atoms with Crippen LogP contribution in [0.1, 0.15) is 132 Å². The maximum atomic E-state index is 13.1. The van der Waals surface area contributed by atoms with Gasteiger partial charge in [0.15, 0.2) is 0 Å². The van der Waals surface area contributed by atoms with Crippen molar-refractivity contribution in [1.82, 2.24) is 0 Å². The highest BCUT2D eigenvalue weighted by atomic mass is 16.5. The molecule has 0 aromatic rings. The van der Waals surface area contributed by atoms with E-state index in [2.05, 4.69) is 55.0 Å². The van der Waals surface area contributed by atoms with Crippen molar-refractivity contribution in [1.29, 1.82) is 0 Å². The Morgan fingerprint density at radius 3 is 2.26 bits per heavy atom. The smallest absolute Gasteiger partial charge is 0.223 e. The summed E-state index contributed by atoms with van der Waals surface area (Å²) in [6.07, 6.45) is 16.1. The topological polar surface area (TPSA) is 52.3 Å². The van der Waals surface area contributed by atoms with Crippen LogP contribution < -0.4 is 5.73 Å². The maximum absolute atomic E-state index is 13.1. The summed E-state index contributed by atoms with van der Waals surface area (Å²) in [5.74, 6) is 2.89. The third kappa shape index (κ3) is 3.78. The third-order valence-corrected chi connectivity index (χ3v) is 14.6. The van der Waals surface area contributed by atoms with Crippen LogP contribution in [0.4, 0.5) is 0 Å². The minimum Gasteiger partial charge on any atom is -0.378 e. The molecule has 0 unspecified atom stereocenters. The van der Waals surface area contributed by atoms with Crippen molar-refractivity contribution in [2.75, 3.05) is 6.61 Å². The number of carbonyl (C=O) groups is 1. The molecule has 0 aliphatic heterocycles. The molecule has 0 aromatic carbocycles. The Morgan fingerprint density at radius 1 is 0.868 bits per heavy atom. The molecule has 3 nitrogen and oxygen atoms in total. The van der Waals surface area contributed by atoms with E-state index in [9.17, 15) is 4.79 Å². The van der Waals surface area contributed by atoms with Crippen LogP contribution in [0.15, 0.2) is 12.2 Å². The fourth-order valence-electron chi connectivity index (χ4n) is 12.4. The molecule has 0 aromatic heterocycles. The van der Waals surface area contributed by atoms with Gasteiger partial charge in [-0.05, 0) is 129 Å². The molecule has 0 saturated heterocycles. The summed E-state index contributed by atoms with van der Waals surface area (Å²) in [6, 6.07) is 0. The molecule has 5 rings (SSSR count). The number of nitrogens with two attached hydrogens (primary N) is 1. The van der Waals surface area contributed by atoms with E-state index in [-0.39, 0.29) is 22.2 Å². The molecule has 10 atom stereocenters. The molecule has 5 fully saturated rings. The highest BCUT2D eigenvalue weighted by Gasteiger charge is 2.71. The van der Waals surface area contributed by atoms with Crippen LogP contribution in [0.2, 0.25) is 0 Å². The van der Waals surface area contributed by atoms with E-state index in [4.69, 9.17) is 10.5 Å². The number of rotatable bonds is 7. The second kappa shape index (κ2) is 9.63. The van der Waals surface area contributed by atoms with Gasteiger partial charge in [0, 0.05) is 6.61 Å². The van der Waals surface area contributed by atoms with E-state index < -0.39 is 0 Å². The predicted octanol–water partition coefficient (Wildman–Crippen LogP) is 8.70. The number of amides is 1. The van der Waals surface area contributed by atoms with E-state index >= 15 is 0 Å². The first-order chi connectivity index (χ1) is 17.8. The molecule has 0 radical (unpaired) electrons. The minimum absolute atomic E-state index is 0.0183. The van der Waals surface area contributed by atoms with Crippen LogP contribution in [-0.2, 0) is 9.53 Å². The van der Waals surface area contributed by atoms with Gasteiger partial charge >= 0.3 is 0 Å². The standard InChI is InChI=1S/C35H59NO2/c1-9-10-11-22-38-28-16-17-32(6)26(31(28,4)5)15-18-34(8)27(32)13-12-25-29-24(23(2)3)14-19-35(29,30(36)37)21-20-33(25,34)7/h24-29H,2,9-22H2,1,3-8H3,(H2,36,37)/t24-,25+,26-,27+,28-,29+,32-,33+,34+,35-/m0/s1. The van der Waals surface area contributed by atoms with Crippen LogP contribution in [0.5, 0.6) is 0 Å². The number of unbranched alkanes of at least 4 members (excludes halogenated alkanes) is 2. The van der Waals surface area contributed by atoms with Crippen molar-refractivity contribution in [3.05, 3.63) is 12.2 Å². The fraction of sp³-hybridized carbons (Fsp3) is 0.914. The molecule has 0 bridgehead atoms. The van der Waals surface area contributed by atoms with E-state index in [1.165, 1.54) is 69.8 Å². The molecule has 5 aliphatic rings. The Morgan fingerprint density at radius 2 is 1.61 bits per heavy atom. The van der Waals surface area contributed by atoms with Gasteiger partial charge in [0.05, 0.1) is 11.5 Å². The predicted molar refractivity (Wildman–Crippen MR) is 157 cm³/mol. The molecule has 0 heterocycles. The zero-order valence-corrected chi connectivity index (χ0v) is 26.0. The van der Waals surface area contributed by atoms with E-state index in [1.54, 1.807) is 0 Å². The lowest BCUT2D eigenvalue weighted by atomic mass is 9.32. The summed E-state index contributed by atoms with van der Waals surface area (Å²) in [4.78, 5) is 13.1. The molecule has 3 heteroatoms. The number of primary amides is 1. The first kappa shape index (κ1) is 28.7. The average Bonchev–Trinajstić information content (AvgIpc) is 3.25. The molecule has 5 aliphatic carbocycles. The zero-order chi connectivity index (χ0) is 27.7. The molecule has 5 saturated carbocycles. The van der Waals surface area contributed by atoms with Gasteiger partial charge in [-0.25, -0.2) is 0 Å². The summed E-state index contributed by atoms with van der Waals surface area (Å²) in [5, 5.41) is 0. The van der Waals surface area contributed by atoms with Crippen molar-refractivity contribution in [3.8, 4) is 0 Å². The quantitative estimate of drug-likeness (QED) is 0.267. The number of hydrogen-bond acceptors (Lipinski definition) is 2. The van der Waals surface area contributed by atoms with Gasteiger partial charge in [-0.15, -0.1) is 0 Å². The Balaban J connectivity index is 1.45. The first-order valence-corrected chi connectivity index (χ1v) is 16.4. The summed E-state index contributed by atoms with van der Waals surface area (Å²) >= 11 is 0. The van der Waals surface area contributed by atoms with E-state index in [1.807, 2.05) is 0 Å². The van der Waals surface area contributed by atoms with Crippen LogP contribution in [0.25, 0.3) is 0 Å². The number of allylic oxidation sites excluding steroid dienone is 1. The SMILES string of the molecule is C=C(C)[C@@H]1CC[C@]2(C(N)=O)CC[C@]3(C)[C@H](CC[C@@H]4[C@@]5(C)CC[C@H](OCCCCC)C(C)(C)[C@@H]5CC[C@]43C)[C@@H]12. The number of hydrogen-bond donors (Lipinski definition) is 1.